The average Bonchev–Trinajstić information content (AvgIpc) is 3.01. The molecule has 0 unspecified atom stereocenters. The molecule has 0 bridgehead atoms. The average molecular weight is 428 g/mol. The number of pyridine rings is 1. The monoisotopic (exact) mass is 427 g/mol. The molecule has 29 heavy (non-hydrogen) atoms. The minimum absolute atomic E-state index is 0.0113. The molecule has 0 saturated carbocycles. The summed E-state index contributed by atoms with van der Waals surface area (Å²) >= 11 is 6.87. The van der Waals surface area contributed by atoms with E-state index in [4.69, 9.17) is 21.9 Å². The molecule has 2 aromatic rings. The molecule has 2 aliphatic rings. The minimum atomic E-state index is 0.0113. The fourth-order valence-corrected chi connectivity index (χ4v) is 4.91. The first-order chi connectivity index (χ1) is 14.2. The van der Waals surface area contributed by atoms with Crippen LogP contribution in [0, 0.1) is 0 Å². The van der Waals surface area contributed by atoms with Gasteiger partial charge in [-0.1, -0.05) is 61.9 Å². The van der Waals surface area contributed by atoms with Gasteiger partial charge in [-0.05, 0) is 24.6 Å². The molecule has 1 aromatic carbocycles. The highest BCUT2D eigenvalue weighted by Gasteiger charge is 2.32. The number of carbonyl (C=O) groups excluding carboxylic acids is 1. The summed E-state index contributed by atoms with van der Waals surface area (Å²) < 4.78 is 6.16. The van der Waals surface area contributed by atoms with Crippen molar-refractivity contribution < 1.29 is 9.53 Å². The number of hydrogen-bond acceptors (Lipinski definition) is 6. The maximum Gasteiger partial charge on any atom is 0.266 e. The number of anilines is 1. The van der Waals surface area contributed by atoms with E-state index in [1.54, 1.807) is 4.90 Å². The second-order valence-electron chi connectivity index (χ2n) is 7.23. The van der Waals surface area contributed by atoms with Gasteiger partial charge in [0.05, 0.1) is 23.6 Å². The van der Waals surface area contributed by atoms with Crippen molar-refractivity contribution >= 4 is 57.0 Å². The predicted octanol–water partition coefficient (Wildman–Crippen LogP) is 4.46. The Bertz CT molecular complexity index is 954. The van der Waals surface area contributed by atoms with E-state index in [1.807, 2.05) is 24.3 Å². The number of morpholine rings is 1. The van der Waals surface area contributed by atoms with Crippen molar-refractivity contribution in [1.82, 2.24) is 9.88 Å². The van der Waals surface area contributed by atoms with Gasteiger partial charge in [-0.25, -0.2) is 4.98 Å². The lowest BCUT2D eigenvalue weighted by Crippen LogP contribution is -2.37. The molecule has 3 heterocycles. The van der Waals surface area contributed by atoms with E-state index in [1.165, 1.54) is 11.8 Å². The molecule has 2 fully saturated rings. The fourth-order valence-electron chi connectivity index (χ4n) is 3.61. The molecule has 2 saturated heterocycles. The summed E-state index contributed by atoms with van der Waals surface area (Å²) in [4.78, 5) is 22.5. The van der Waals surface area contributed by atoms with E-state index in [-0.39, 0.29) is 5.91 Å². The molecule has 4 rings (SSSR count). The van der Waals surface area contributed by atoms with Crippen LogP contribution in [-0.4, -0.2) is 53.0 Å². The Morgan fingerprint density at radius 3 is 2.83 bits per heavy atom. The molecule has 0 spiro atoms. The van der Waals surface area contributed by atoms with Gasteiger partial charge in [-0.2, -0.15) is 0 Å². The van der Waals surface area contributed by atoms with E-state index in [9.17, 15) is 4.79 Å². The molecule has 0 aliphatic carbocycles. The fraction of sp³-hybridized carbons (Fsp3) is 0.409. The lowest BCUT2D eigenvalue weighted by Gasteiger charge is -2.29. The van der Waals surface area contributed by atoms with Crippen LogP contribution in [0.4, 0.5) is 5.82 Å². The normalized spacial score (nSPS) is 19.0. The third kappa shape index (κ3) is 4.47. The van der Waals surface area contributed by atoms with Crippen molar-refractivity contribution in [3.05, 3.63) is 40.8 Å². The summed E-state index contributed by atoms with van der Waals surface area (Å²) in [6.45, 7) is 5.82. The van der Waals surface area contributed by atoms with Gasteiger partial charge < -0.3 is 9.64 Å². The van der Waals surface area contributed by atoms with Crippen LogP contribution < -0.4 is 4.90 Å². The lowest BCUT2D eigenvalue weighted by atomic mass is 10.1. The SMILES string of the molecule is CCCCCN1C(=O)/C(=C/c2cc3ccccc3nc2N2CCOCC2)SC1=S. The summed E-state index contributed by atoms with van der Waals surface area (Å²) in [6, 6.07) is 10.2. The molecule has 0 atom stereocenters. The third-order valence-electron chi connectivity index (χ3n) is 5.19. The number of carbonyl (C=O) groups is 1. The van der Waals surface area contributed by atoms with Crippen LogP contribution in [0.15, 0.2) is 35.2 Å². The number of aromatic nitrogens is 1. The van der Waals surface area contributed by atoms with Crippen LogP contribution in [0.2, 0.25) is 0 Å². The molecule has 5 nitrogen and oxygen atoms in total. The second-order valence-corrected chi connectivity index (χ2v) is 8.91. The number of hydrogen-bond donors (Lipinski definition) is 0. The van der Waals surface area contributed by atoms with Gasteiger partial charge in [0, 0.05) is 30.6 Å². The topological polar surface area (TPSA) is 45.7 Å². The molecule has 0 radical (unpaired) electrons. The van der Waals surface area contributed by atoms with Crippen LogP contribution in [0.25, 0.3) is 17.0 Å². The number of thioether (sulfide) groups is 1. The van der Waals surface area contributed by atoms with Crippen molar-refractivity contribution in [2.45, 2.75) is 26.2 Å². The molecule has 0 N–H and O–H groups in total. The first-order valence-corrected chi connectivity index (χ1v) is 11.4. The van der Waals surface area contributed by atoms with Crippen molar-refractivity contribution in [3.8, 4) is 0 Å². The highest BCUT2D eigenvalue weighted by molar-refractivity contribution is 8.26. The number of unbranched alkanes of at least 4 members (excludes halogenated alkanes) is 2. The highest BCUT2D eigenvalue weighted by Crippen LogP contribution is 2.35. The quantitative estimate of drug-likeness (QED) is 0.385. The molecule has 2 aliphatic heterocycles. The lowest BCUT2D eigenvalue weighted by molar-refractivity contribution is -0.122. The zero-order chi connectivity index (χ0) is 20.2. The Morgan fingerprint density at radius 1 is 1.24 bits per heavy atom. The molecule has 7 heteroatoms. The molecule has 152 valence electrons. The number of amides is 1. The Labute approximate surface area is 181 Å². The van der Waals surface area contributed by atoms with Crippen molar-refractivity contribution in [3.63, 3.8) is 0 Å². The van der Waals surface area contributed by atoms with E-state index in [2.05, 4.69) is 24.0 Å². The third-order valence-corrected chi connectivity index (χ3v) is 6.57. The van der Waals surface area contributed by atoms with Gasteiger partial charge in [0.1, 0.15) is 10.1 Å². The number of fused-ring (bicyclic) bond motifs is 1. The van der Waals surface area contributed by atoms with Crippen LogP contribution in [0.5, 0.6) is 0 Å². The summed E-state index contributed by atoms with van der Waals surface area (Å²) in [7, 11) is 0. The van der Waals surface area contributed by atoms with Crippen molar-refractivity contribution in [2.24, 2.45) is 0 Å². The largest absolute Gasteiger partial charge is 0.378 e. The Hall–Kier alpha value is -1.96. The standard InChI is InChI=1S/C22H25N3O2S2/c1-2-3-6-9-25-21(26)19(29-22(25)28)15-17-14-16-7-4-5-8-18(16)23-20(17)24-10-12-27-13-11-24/h4-5,7-8,14-15H,2-3,6,9-13H2,1H3/b19-15-. The smallest absolute Gasteiger partial charge is 0.266 e. The molecule has 1 aromatic heterocycles. The number of thiocarbonyl (C=S) groups is 1. The first kappa shape index (κ1) is 20.3. The van der Waals surface area contributed by atoms with Crippen LogP contribution in [-0.2, 0) is 9.53 Å². The van der Waals surface area contributed by atoms with Crippen molar-refractivity contribution in [2.75, 3.05) is 37.7 Å². The number of nitrogens with zero attached hydrogens (tertiary/aromatic N) is 3. The summed E-state index contributed by atoms with van der Waals surface area (Å²) in [5.74, 6) is 0.917. The minimum Gasteiger partial charge on any atom is -0.378 e. The summed E-state index contributed by atoms with van der Waals surface area (Å²) in [6.07, 6.45) is 5.16. The Kier molecular flexibility index (Phi) is 6.47. The maximum atomic E-state index is 13.0. The highest BCUT2D eigenvalue weighted by atomic mass is 32.2. The van der Waals surface area contributed by atoms with Crippen LogP contribution >= 0.6 is 24.0 Å². The predicted molar refractivity (Wildman–Crippen MR) is 124 cm³/mol. The molecular weight excluding hydrogens is 402 g/mol. The van der Waals surface area contributed by atoms with Gasteiger partial charge >= 0.3 is 0 Å². The zero-order valence-electron chi connectivity index (χ0n) is 16.6. The molecular formula is C22H25N3O2S2. The van der Waals surface area contributed by atoms with Gasteiger partial charge in [0.2, 0.25) is 0 Å². The van der Waals surface area contributed by atoms with E-state index in [0.717, 1.165) is 54.6 Å². The Balaban J connectivity index is 1.69. The van der Waals surface area contributed by atoms with Crippen LogP contribution in [0.3, 0.4) is 0 Å². The van der Waals surface area contributed by atoms with Gasteiger partial charge in [0.15, 0.2) is 0 Å². The van der Waals surface area contributed by atoms with E-state index < -0.39 is 0 Å². The van der Waals surface area contributed by atoms with Gasteiger partial charge in [-0.15, -0.1) is 0 Å². The van der Waals surface area contributed by atoms with Crippen LogP contribution in [0.1, 0.15) is 31.7 Å². The summed E-state index contributed by atoms with van der Waals surface area (Å²) in [5.41, 5.74) is 1.91. The number of ether oxygens (including phenoxy) is 1. The number of rotatable bonds is 6. The first-order valence-electron chi connectivity index (χ1n) is 10.1. The Morgan fingerprint density at radius 2 is 2.03 bits per heavy atom. The van der Waals surface area contributed by atoms with Crippen molar-refractivity contribution in [1.29, 1.82) is 0 Å². The molecule has 1 amide bonds. The van der Waals surface area contributed by atoms with Gasteiger partial charge in [0.25, 0.3) is 5.91 Å². The number of benzene rings is 1. The second kappa shape index (κ2) is 9.24. The summed E-state index contributed by atoms with van der Waals surface area (Å²) in [5, 5.41) is 1.06. The number of para-hydroxylation sites is 1. The van der Waals surface area contributed by atoms with E-state index in [0.29, 0.717) is 29.0 Å². The zero-order valence-corrected chi connectivity index (χ0v) is 18.2. The van der Waals surface area contributed by atoms with E-state index >= 15 is 0 Å². The maximum absolute atomic E-state index is 13.0. The van der Waals surface area contributed by atoms with Gasteiger partial charge in [-0.3, -0.25) is 9.69 Å².